The molecule has 318 valence electrons. The molecular formula is C63H40N4O. The Labute approximate surface area is 392 Å². The van der Waals surface area contributed by atoms with Gasteiger partial charge in [-0.2, -0.15) is 0 Å². The Kier molecular flexibility index (Phi) is 9.43. The van der Waals surface area contributed by atoms with Crippen molar-refractivity contribution in [3.8, 4) is 84.4 Å². The van der Waals surface area contributed by atoms with E-state index in [1.54, 1.807) is 0 Å². The summed E-state index contributed by atoms with van der Waals surface area (Å²) >= 11 is 0. The zero-order valence-corrected chi connectivity index (χ0v) is 36.8. The minimum Gasteiger partial charge on any atom is -0.456 e. The van der Waals surface area contributed by atoms with Crippen molar-refractivity contribution in [3.63, 3.8) is 0 Å². The Balaban J connectivity index is 0.905. The molecule has 0 spiro atoms. The van der Waals surface area contributed by atoms with Crippen LogP contribution in [0.15, 0.2) is 247 Å². The van der Waals surface area contributed by atoms with E-state index < -0.39 is 0 Å². The van der Waals surface area contributed by atoms with E-state index in [0.717, 1.165) is 83.2 Å². The first kappa shape index (κ1) is 39.2. The molecule has 0 amide bonds. The van der Waals surface area contributed by atoms with Gasteiger partial charge in [0.15, 0.2) is 17.5 Å². The summed E-state index contributed by atoms with van der Waals surface area (Å²) < 4.78 is 8.99. The number of furan rings is 1. The summed E-state index contributed by atoms with van der Waals surface area (Å²) in [6, 6.07) is 85.1. The fraction of sp³-hybridized carbons (Fsp3) is 0. The molecule has 13 aromatic rings. The van der Waals surface area contributed by atoms with Crippen molar-refractivity contribution in [2.24, 2.45) is 0 Å². The Morgan fingerprint density at radius 1 is 0.265 bits per heavy atom. The van der Waals surface area contributed by atoms with Gasteiger partial charge in [-0.05, 0) is 105 Å². The second-order valence-corrected chi connectivity index (χ2v) is 17.2. The zero-order chi connectivity index (χ0) is 45.0. The molecular weight excluding hydrogens is 829 g/mol. The molecule has 3 aromatic heterocycles. The lowest BCUT2D eigenvalue weighted by atomic mass is 9.98. The summed E-state index contributed by atoms with van der Waals surface area (Å²) in [5, 5.41) is 4.44. The standard InChI is InChI=1S/C63H40N4O/c1-4-16-41(17-5-1)42-28-33-48(34-29-42)67-57-27-15-14-24-51(57)55-38-45(31-36-58(55)67)46-30-35-52-56-39-47(32-37-59(56)68-60(52)40-46)61-64-62(53-25-12-10-22-49(53)43-18-6-2-7-19-43)66-63(65-61)54-26-13-11-23-50(54)44-20-8-3-9-21-44/h1-40H. The number of fused-ring (bicyclic) bond motifs is 6. The van der Waals surface area contributed by atoms with Gasteiger partial charge in [-0.1, -0.05) is 182 Å². The number of nitrogens with zero attached hydrogens (tertiary/aromatic N) is 4. The van der Waals surface area contributed by atoms with E-state index in [1.165, 1.54) is 27.4 Å². The number of hydrogen-bond acceptors (Lipinski definition) is 4. The minimum atomic E-state index is 0.586. The van der Waals surface area contributed by atoms with Crippen LogP contribution in [0.25, 0.3) is 128 Å². The van der Waals surface area contributed by atoms with E-state index in [0.29, 0.717) is 17.5 Å². The molecule has 0 atom stereocenters. The van der Waals surface area contributed by atoms with Crippen LogP contribution in [0.2, 0.25) is 0 Å². The second-order valence-electron chi connectivity index (χ2n) is 17.2. The highest BCUT2D eigenvalue weighted by molar-refractivity contribution is 6.11. The molecule has 68 heavy (non-hydrogen) atoms. The molecule has 0 aliphatic carbocycles. The van der Waals surface area contributed by atoms with Gasteiger partial charge in [0.25, 0.3) is 0 Å². The molecule has 0 bridgehead atoms. The lowest BCUT2D eigenvalue weighted by Crippen LogP contribution is -2.02. The maximum Gasteiger partial charge on any atom is 0.164 e. The quantitative estimate of drug-likeness (QED) is 0.153. The summed E-state index contributed by atoms with van der Waals surface area (Å²) in [4.78, 5) is 15.7. The van der Waals surface area contributed by atoms with E-state index in [1.807, 2.05) is 30.3 Å². The van der Waals surface area contributed by atoms with Crippen molar-refractivity contribution >= 4 is 43.7 Å². The SMILES string of the molecule is c1ccc(-c2ccc(-n3c4ccccc4c4cc(-c5ccc6c(c5)oc5ccc(-c7nc(-c8ccccc8-c8ccccc8)nc(-c8ccccc8-c8ccccc8)n7)cc56)ccc43)cc2)cc1. The van der Waals surface area contributed by atoms with Gasteiger partial charge in [-0.25, -0.2) is 15.0 Å². The van der Waals surface area contributed by atoms with E-state index >= 15 is 0 Å². The maximum absolute atomic E-state index is 6.62. The Morgan fingerprint density at radius 3 is 1.40 bits per heavy atom. The number of rotatable bonds is 8. The third kappa shape index (κ3) is 6.84. The van der Waals surface area contributed by atoms with Gasteiger partial charge in [-0.15, -0.1) is 0 Å². The van der Waals surface area contributed by atoms with Crippen molar-refractivity contribution < 1.29 is 4.42 Å². The average molecular weight is 869 g/mol. The van der Waals surface area contributed by atoms with Crippen LogP contribution in [0.3, 0.4) is 0 Å². The highest BCUT2D eigenvalue weighted by atomic mass is 16.3. The molecule has 0 radical (unpaired) electrons. The zero-order valence-electron chi connectivity index (χ0n) is 36.8. The van der Waals surface area contributed by atoms with Crippen LogP contribution in [0, 0.1) is 0 Å². The summed E-state index contributed by atoms with van der Waals surface area (Å²) in [5.41, 5.74) is 16.8. The molecule has 0 aliphatic heterocycles. The van der Waals surface area contributed by atoms with Crippen LogP contribution < -0.4 is 0 Å². The Bertz CT molecular complexity index is 3900. The van der Waals surface area contributed by atoms with Crippen LogP contribution in [-0.4, -0.2) is 19.5 Å². The first-order valence-corrected chi connectivity index (χ1v) is 22.9. The van der Waals surface area contributed by atoms with Crippen LogP contribution >= 0.6 is 0 Å². The molecule has 0 N–H and O–H groups in total. The average Bonchev–Trinajstić information content (AvgIpc) is 3.96. The fourth-order valence-electron chi connectivity index (χ4n) is 9.80. The van der Waals surface area contributed by atoms with Crippen molar-refractivity contribution in [2.45, 2.75) is 0 Å². The van der Waals surface area contributed by atoms with E-state index in [4.69, 9.17) is 19.4 Å². The van der Waals surface area contributed by atoms with Crippen molar-refractivity contribution in [3.05, 3.63) is 243 Å². The monoisotopic (exact) mass is 868 g/mol. The largest absolute Gasteiger partial charge is 0.456 e. The predicted molar refractivity (Wildman–Crippen MR) is 279 cm³/mol. The van der Waals surface area contributed by atoms with Gasteiger partial charge >= 0.3 is 0 Å². The second kappa shape index (κ2) is 16.4. The van der Waals surface area contributed by atoms with Gasteiger partial charge < -0.3 is 8.98 Å². The van der Waals surface area contributed by atoms with E-state index in [9.17, 15) is 0 Å². The van der Waals surface area contributed by atoms with Crippen molar-refractivity contribution in [2.75, 3.05) is 0 Å². The van der Waals surface area contributed by atoms with Gasteiger partial charge in [0.2, 0.25) is 0 Å². The Hall–Kier alpha value is -9.19. The van der Waals surface area contributed by atoms with Gasteiger partial charge in [0, 0.05) is 43.9 Å². The molecule has 3 heterocycles. The molecule has 5 heteroatoms. The Morgan fingerprint density at radius 2 is 0.735 bits per heavy atom. The third-order valence-corrected chi connectivity index (χ3v) is 13.1. The van der Waals surface area contributed by atoms with Crippen molar-refractivity contribution in [1.82, 2.24) is 19.5 Å². The third-order valence-electron chi connectivity index (χ3n) is 13.1. The molecule has 5 nitrogen and oxygen atoms in total. The number of hydrogen-bond donors (Lipinski definition) is 0. The molecule has 0 unspecified atom stereocenters. The highest BCUT2D eigenvalue weighted by Gasteiger charge is 2.20. The van der Waals surface area contributed by atoms with Crippen molar-refractivity contribution in [1.29, 1.82) is 0 Å². The predicted octanol–water partition coefficient (Wildman–Crippen LogP) is 16.5. The molecule has 13 rings (SSSR count). The normalized spacial score (nSPS) is 11.5. The molecule has 10 aromatic carbocycles. The summed E-state index contributed by atoms with van der Waals surface area (Å²) in [5.74, 6) is 1.80. The highest BCUT2D eigenvalue weighted by Crippen LogP contribution is 2.40. The van der Waals surface area contributed by atoms with Crippen LogP contribution in [0.1, 0.15) is 0 Å². The summed E-state index contributed by atoms with van der Waals surface area (Å²) in [6.45, 7) is 0. The number of aromatic nitrogens is 4. The fourth-order valence-corrected chi connectivity index (χ4v) is 9.80. The minimum absolute atomic E-state index is 0.586. The van der Waals surface area contributed by atoms with E-state index in [-0.39, 0.29) is 0 Å². The lowest BCUT2D eigenvalue weighted by molar-refractivity contribution is 0.669. The lowest BCUT2D eigenvalue weighted by Gasteiger charge is -2.14. The molecule has 0 fully saturated rings. The molecule has 0 aliphatic rings. The van der Waals surface area contributed by atoms with Crippen LogP contribution in [0.5, 0.6) is 0 Å². The van der Waals surface area contributed by atoms with Crippen LogP contribution in [0.4, 0.5) is 0 Å². The number of benzene rings is 10. The summed E-state index contributed by atoms with van der Waals surface area (Å²) in [7, 11) is 0. The van der Waals surface area contributed by atoms with Gasteiger partial charge in [0.1, 0.15) is 11.2 Å². The van der Waals surface area contributed by atoms with Gasteiger partial charge in [-0.3, -0.25) is 0 Å². The molecule has 0 saturated heterocycles. The molecule has 0 saturated carbocycles. The smallest absolute Gasteiger partial charge is 0.164 e. The topological polar surface area (TPSA) is 56.7 Å². The van der Waals surface area contributed by atoms with Gasteiger partial charge in [0.05, 0.1) is 11.0 Å². The first-order chi connectivity index (χ1) is 33.7. The first-order valence-electron chi connectivity index (χ1n) is 22.9. The van der Waals surface area contributed by atoms with E-state index in [2.05, 4.69) is 217 Å². The van der Waals surface area contributed by atoms with Crippen LogP contribution in [-0.2, 0) is 0 Å². The number of para-hydroxylation sites is 1. The maximum atomic E-state index is 6.62. The summed E-state index contributed by atoms with van der Waals surface area (Å²) in [6.07, 6.45) is 0.